The van der Waals surface area contributed by atoms with Crippen LogP contribution in [0.15, 0.2) is 43.4 Å². The second kappa shape index (κ2) is 10.3. The average Bonchev–Trinajstić information content (AvgIpc) is 3.23. The lowest BCUT2D eigenvalue weighted by Crippen LogP contribution is -2.32. The highest BCUT2D eigenvalue weighted by molar-refractivity contribution is 7.21. The van der Waals surface area contributed by atoms with E-state index in [0.29, 0.717) is 40.0 Å². The monoisotopic (exact) mass is 452 g/mol. The van der Waals surface area contributed by atoms with E-state index in [0.717, 1.165) is 37.2 Å². The summed E-state index contributed by atoms with van der Waals surface area (Å²) in [5.41, 5.74) is 2.71. The van der Waals surface area contributed by atoms with Gasteiger partial charge in [0.15, 0.2) is 5.13 Å². The number of fused-ring (bicyclic) bond motifs is 1. The number of urea groups is 1. The first-order valence-corrected chi connectivity index (χ1v) is 11.2. The number of hydrogen-bond donors (Lipinski definition) is 3. The molecule has 0 unspecified atom stereocenters. The fourth-order valence-corrected chi connectivity index (χ4v) is 4.14. The van der Waals surface area contributed by atoms with Crippen LogP contribution < -0.4 is 16.0 Å². The van der Waals surface area contributed by atoms with Crippen molar-refractivity contribution in [2.24, 2.45) is 5.92 Å². The van der Waals surface area contributed by atoms with E-state index in [9.17, 15) is 9.59 Å². The van der Waals surface area contributed by atoms with Crippen LogP contribution >= 0.6 is 11.3 Å². The number of hydrogen-bond acceptors (Lipinski definition) is 7. The highest BCUT2D eigenvalue weighted by atomic mass is 32.1. The molecule has 1 saturated heterocycles. The van der Waals surface area contributed by atoms with Gasteiger partial charge in [-0.05, 0) is 30.9 Å². The van der Waals surface area contributed by atoms with E-state index in [4.69, 9.17) is 4.74 Å². The first-order valence-electron chi connectivity index (χ1n) is 10.4. The van der Waals surface area contributed by atoms with Gasteiger partial charge in [-0.2, -0.15) is 0 Å². The van der Waals surface area contributed by atoms with Gasteiger partial charge in [0.2, 0.25) is 0 Å². The molecule has 9 nitrogen and oxygen atoms in total. The summed E-state index contributed by atoms with van der Waals surface area (Å²) in [5.74, 6) is 0.298. The summed E-state index contributed by atoms with van der Waals surface area (Å²) < 4.78 is 5.36. The minimum absolute atomic E-state index is 0.148. The van der Waals surface area contributed by atoms with Crippen LogP contribution in [-0.2, 0) is 4.74 Å². The van der Waals surface area contributed by atoms with Crippen molar-refractivity contribution in [3.63, 3.8) is 0 Å². The van der Waals surface area contributed by atoms with E-state index >= 15 is 0 Å². The van der Waals surface area contributed by atoms with Crippen LogP contribution in [0.2, 0.25) is 0 Å². The van der Waals surface area contributed by atoms with Crippen LogP contribution in [0.25, 0.3) is 21.5 Å². The third kappa shape index (κ3) is 5.45. The Morgan fingerprint density at radius 1 is 1.16 bits per heavy atom. The van der Waals surface area contributed by atoms with E-state index < -0.39 is 0 Å². The molecule has 1 aliphatic rings. The Morgan fingerprint density at radius 2 is 1.97 bits per heavy atom. The molecule has 3 aromatic heterocycles. The molecule has 1 fully saturated rings. The fraction of sp³-hybridized carbons (Fsp3) is 0.318. The Balaban J connectivity index is 1.45. The normalized spacial score (nSPS) is 14.1. The summed E-state index contributed by atoms with van der Waals surface area (Å²) in [7, 11) is 0. The van der Waals surface area contributed by atoms with Crippen molar-refractivity contribution >= 4 is 38.8 Å². The zero-order chi connectivity index (χ0) is 22.3. The Hall–Kier alpha value is -3.37. The molecule has 0 atom stereocenters. The van der Waals surface area contributed by atoms with Crippen LogP contribution in [-0.4, -0.2) is 53.2 Å². The number of amides is 3. The van der Waals surface area contributed by atoms with Crippen LogP contribution in [0.1, 0.15) is 23.2 Å². The quantitative estimate of drug-likeness (QED) is 0.474. The number of carbonyl (C=O) groups is 2. The summed E-state index contributed by atoms with van der Waals surface area (Å²) in [6.07, 6.45) is 8.48. The lowest BCUT2D eigenvalue weighted by Gasteiger charge is -2.22. The zero-order valence-corrected chi connectivity index (χ0v) is 18.3. The minimum atomic E-state index is -0.354. The highest BCUT2D eigenvalue weighted by Gasteiger charge is 2.16. The number of thiazole rings is 1. The molecule has 3 N–H and O–H groups in total. The highest BCUT2D eigenvalue weighted by Crippen LogP contribution is 2.28. The first kappa shape index (κ1) is 21.8. The number of carbonyl (C=O) groups excluding carboxylic acids is 2. The maximum absolute atomic E-state index is 12.6. The third-order valence-corrected chi connectivity index (χ3v) is 6.00. The number of pyridine rings is 2. The minimum Gasteiger partial charge on any atom is -0.381 e. The summed E-state index contributed by atoms with van der Waals surface area (Å²) >= 11 is 1.28. The van der Waals surface area contributed by atoms with Crippen LogP contribution in [0.5, 0.6) is 0 Å². The molecule has 0 radical (unpaired) electrons. The molecule has 0 saturated carbocycles. The molecule has 32 heavy (non-hydrogen) atoms. The van der Waals surface area contributed by atoms with Gasteiger partial charge in [-0.3, -0.25) is 15.1 Å². The lowest BCUT2D eigenvalue weighted by molar-refractivity contribution is 0.0642. The Labute approximate surface area is 189 Å². The van der Waals surface area contributed by atoms with Crippen LogP contribution in [0.3, 0.4) is 0 Å². The van der Waals surface area contributed by atoms with Gasteiger partial charge in [-0.15, -0.1) is 6.58 Å². The maximum atomic E-state index is 12.6. The van der Waals surface area contributed by atoms with E-state index in [2.05, 4.69) is 37.5 Å². The Morgan fingerprint density at radius 3 is 2.78 bits per heavy atom. The Bertz CT molecular complexity index is 1130. The number of nitrogens with one attached hydrogen (secondary N) is 3. The van der Waals surface area contributed by atoms with Crippen molar-refractivity contribution in [2.75, 3.05) is 31.6 Å². The van der Waals surface area contributed by atoms with Gasteiger partial charge >= 0.3 is 6.03 Å². The lowest BCUT2D eigenvalue weighted by atomic mass is 10.0. The molecule has 3 aromatic rings. The molecule has 1 aliphatic heterocycles. The molecule has 3 amide bonds. The summed E-state index contributed by atoms with van der Waals surface area (Å²) in [4.78, 5) is 38.2. The molecule has 4 heterocycles. The number of nitrogens with zero attached hydrogens (tertiary/aromatic N) is 3. The molecular formula is C22H24N6O3S. The predicted octanol–water partition coefficient (Wildman–Crippen LogP) is 3.22. The summed E-state index contributed by atoms with van der Waals surface area (Å²) in [6.45, 7) is 6.06. The maximum Gasteiger partial charge on any atom is 0.321 e. The largest absolute Gasteiger partial charge is 0.381 e. The van der Waals surface area contributed by atoms with Crippen LogP contribution in [0.4, 0.5) is 9.93 Å². The van der Waals surface area contributed by atoms with E-state index in [-0.39, 0.29) is 11.9 Å². The molecular weight excluding hydrogens is 428 g/mol. The van der Waals surface area contributed by atoms with Gasteiger partial charge in [0, 0.05) is 56.0 Å². The van der Waals surface area contributed by atoms with Crippen molar-refractivity contribution in [2.45, 2.75) is 12.8 Å². The predicted molar refractivity (Wildman–Crippen MR) is 124 cm³/mol. The second-order valence-corrected chi connectivity index (χ2v) is 8.40. The van der Waals surface area contributed by atoms with Crippen molar-refractivity contribution in [3.05, 3.63) is 48.9 Å². The second-order valence-electron chi connectivity index (χ2n) is 7.42. The van der Waals surface area contributed by atoms with Gasteiger partial charge in [0.1, 0.15) is 10.3 Å². The zero-order valence-electron chi connectivity index (χ0n) is 17.5. The van der Waals surface area contributed by atoms with E-state index in [1.54, 1.807) is 30.7 Å². The molecule has 0 aliphatic carbocycles. The van der Waals surface area contributed by atoms with Crippen molar-refractivity contribution in [1.29, 1.82) is 0 Å². The van der Waals surface area contributed by atoms with Gasteiger partial charge in [0.25, 0.3) is 5.91 Å². The van der Waals surface area contributed by atoms with Gasteiger partial charge in [0.05, 0.1) is 5.56 Å². The van der Waals surface area contributed by atoms with Crippen molar-refractivity contribution in [3.8, 4) is 11.1 Å². The summed E-state index contributed by atoms with van der Waals surface area (Å²) in [6, 6.07) is 3.31. The van der Waals surface area contributed by atoms with Gasteiger partial charge in [-0.25, -0.2) is 14.8 Å². The van der Waals surface area contributed by atoms with Crippen molar-refractivity contribution in [1.82, 2.24) is 25.6 Å². The molecule has 0 aromatic carbocycles. The molecule has 0 bridgehead atoms. The molecule has 0 spiro atoms. The topological polar surface area (TPSA) is 118 Å². The average molecular weight is 453 g/mol. The smallest absolute Gasteiger partial charge is 0.321 e. The summed E-state index contributed by atoms with van der Waals surface area (Å²) in [5, 5.41) is 8.77. The number of ether oxygens (including phenoxy) is 1. The molecule has 166 valence electrons. The standard InChI is InChI=1S/C22H24N6O3S/c1-2-5-24-21(30)28-22-27-18-9-16(13-26-20(18)32-22)15-8-17(12-23-11-15)19(29)25-10-14-3-6-31-7-4-14/h2,8-9,11-14H,1,3-7,10H2,(H,25,29)(H2,24,27,28,30). The fourth-order valence-electron chi connectivity index (χ4n) is 3.35. The molecule has 4 rings (SSSR count). The van der Waals surface area contributed by atoms with Crippen molar-refractivity contribution < 1.29 is 14.3 Å². The first-order chi connectivity index (χ1) is 15.6. The van der Waals surface area contributed by atoms with Gasteiger partial charge in [-0.1, -0.05) is 17.4 Å². The number of aromatic nitrogens is 3. The number of anilines is 1. The van der Waals surface area contributed by atoms with E-state index in [1.807, 2.05) is 6.07 Å². The SMILES string of the molecule is C=CCNC(=O)Nc1nc2cc(-c3cncc(C(=O)NCC4CCOCC4)c3)cnc2s1. The van der Waals surface area contributed by atoms with Gasteiger partial charge < -0.3 is 15.4 Å². The van der Waals surface area contributed by atoms with Crippen LogP contribution in [0, 0.1) is 5.92 Å². The number of rotatable bonds is 7. The Kier molecular flexibility index (Phi) is 7.03. The van der Waals surface area contributed by atoms with E-state index in [1.165, 1.54) is 11.3 Å². The molecule has 10 heteroatoms. The third-order valence-electron chi connectivity index (χ3n) is 5.10.